The highest BCUT2D eigenvalue weighted by Gasteiger charge is 2.31. The van der Waals surface area contributed by atoms with Gasteiger partial charge in [0.25, 0.3) is 0 Å². The minimum absolute atomic E-state index is 0.335. The predicted molar refractivity (Wildman–Crippen MR) is 63.5 cm³/mol. The lowest BCUT2D eigenvalue weighted by atomic mass is 10.0. The van der Waals surface area contributed by atoms with Crippen molar-refractivity contribution < 1.29 is 4.74 Å². The highest BCUT2D eigenvalue weighted by molar-refractivity contribution is 5.39. The smallest absolute Gasteiger partial charge is 0.124 e. The molecular weight excluding hydrogens is 200 g/mol. The van der Waals surface area contributed by atoms with Gasteiger partial charge in [-0.3, -0.25) is 4.90 Å². The van der Waals surface area contributed by atoms with Crippen LogP contribution in [0.1, 0.15) is 24.4 Å². The molecule has 3 heteroatoms. The second kappa shape index (κ2) is 4.07. The quantitative estimate of drug-likeness (QED) is 0.777. The van der Waals surface area contributed by atoms with E-state index in [1.807, 2.05) is 6.07 Å². The molecule has 0 amide bonds. The summed E-state index contributed by atoms with van der Waals surface area (Å²) in [6.07, 6.45) is 2.37. The Morgan fingerprint density at radius 1 is 1.31 bits per heavy atom. The molecule has 1 fully saturated rings. The summed E-state index contributed by atoms with van der Waals surface area (Å²) in [6, 6.07) is 9.10. The van der Waals surface area contributed by atoms with Crippen LogP contribution in [0.4, 0.5) is 0 Å². The molecule has 3 nitrogen and oxygen atoms in total. The van der Waals surface area contributed by atoms with Gasteiger partial charge in [0.05, 0.1) is 6.04 Å². The van der Waals surface area contributed by atoms with Crippen molar-refractivity contribution in [2.24, 2.45) is 5.73 Å². The lowest BCUT2D eigenvalue weighted by molar-refractivity contribution is 0.127. The monoisotopic (exact) mass is 218 g/mol. The Hall–Kier alpha value is -1.06. The van der Waals surface area contributed by atoms with Crippen molar-refractivity contribution in [1.29, 1.82) is 0 Å². The van der Waals surface area contributed by atoms with E-state index in [0.717, 1.165) is 31.9 Å². The Labute approximate surface area is 96.2 Å². The van der Waals surface area contributed by atoms with Crippen molar-refractivity contribution in [2.45, 2.75) is 24.9 Å². The summed E-state index contributed by atoms with van der Waals surface area (Å²) in [5.74, 6) is 1.05. The van der Waals surface area contributed by atoms with Crippen molar-refractivity contribution in [3.63, 3.8) is 0 Å². The molecule has 16 heavy (non-hydrogen) atoms. The van der Waals surface area contributed by atoms with Crippen LogP contribution >= 0.6 is 0 Å². The van der Waals surface area contributed by atoms with Crippen LogP contribution < -0.4 is 10.5 Å². The van der Waals surface area contributed by atoms with Gasteiger partial charge in [-0.1, -0.05) is 18.2 Å². The third kappa shape index (κ3) is 1.70. The van der Waals surface area contributed by atoms with Crippen LogP contribution in [0.3, 0.4) is 0 Å². The second-order valence-corrected chi connectivity index (χ2v) is 4.76. The SMILES string of the molecule is NC1CCCN(C2COc3ccccc32)C1. The summed E-state index contributed by atoms with van der Waals surface area (Å²) in [5, 5.41) is 0. The Kier molecular flexibility index (Phi) is 2.58. The van der Waals surface area contributed by atoms with Gasteiger partial charge in [-0.25, -0.2) is 0 Å². The van der Waals surface area contributed by atoms with E-state index in [2.05, 4.69) is 23.1 Å². The van der Waals surface area contributed by atoms with E-state index in [1.165, 1.54) is 12.0 Å². The van der Waals surface area contributed by atoms with Crippen LogP contribution in [-0.2, 0) is 0 Å². The summed E-state index contributed by atoms with van der Waals surface area (Å²) in [6.45, 7) is 2.94. The third-order valence-electron chi connectivity index (χ3n) is 3.60. The first-order valence-corrected chi connectivity index (χ1v) is 6.06. The molecule has 0 bridgehead atoms. The highest BCUT2D eigenvalue weighted by Crippen LogP contribution is 2.36. The number of ether oxygens (including phenoxy) is 1. The number of fused-ring (bicyclic) bond motifs is 1. The fourth-order valence-electron chi connectivity index (χ4n) is 2.77. The minimum atomic E-state index is 0.335. The normalized spacial score (nSPS) is 29.8. The number of hydrogen-bond donors (Lipinski definition) is 1. The van der Waals surface area contributed by atoms with Gasteiger partial charge in [0.2, 0.25) is 0 Å². The van der Waals surface area contributed by atoms with Crippen LogP contribution in [0.15, 0.2) is 24.3 Å². The average molecular weight is 218 g/mol. The van der Waals surface area contributed by atoms with Crippen molar-refractivity contribution in [1.82, 2.24) is 4.90 Å². The summed E-state index contributed by atoms with van der Waals surface area (Å²) in [4.78, 5) is 2.47. The number of benzene rings is 1. The van der Waals surface area contributed by atoms with Gasteiger partial charge in [0.15, 0.2) is 0 Å². The van der Waals surface area contributed by atoms with Crippen molar-refractivity contribution in [2.75, 3.05) is 19.7 Å². The van der Waals surface area contributed by atoms with Crippen LogP contribution in [0.5, 0.6) is 5.75 Å². The zero-order valence-electron chi connectivity index (χ0n) is 9.43. The number of piperidine rings is 1. The first-order valence-electron chi connectivity index (χ1n) is 6.06. The molecule has 1 aromatic rings. The Balaban J connectivity index is 1.81. The van der Waals surface area contributed by atoms with E-state index in [9.17, 15) is 0 Å². The Morgan fingerprint density at radius 2 is 2.19 bits per heavy atom. The number of nitrogens with two attached hydrogens (primary N) is 1. The van der Waals surface area contributed by atoms with E-state index >= 15 is 0 Å². The number of para-hydroxylation sites is 1. The first-order chi connectivity index (χ1) is 7.84. The van der Waals surface area contributed by atoms with E-state index in [4.69, 9.17) is 10.5 Å². The van der Waals surface area contributed by atoms with Gasteiger partial charge in [0, 0.05) is 18.2 Å². The molecule has 0 radical (unpaired) electrons. The number of likely N-dealkylation sites (tertiary alicyclic amines) is 1. The summed E-state index contributed by atoms with van der Waals surface area (Å²) in [7, 11) is 0. The van der Waals surface area contributed by atoms with Gasteiger partial charge in [-0.05, 0) is 25.5 Å². The molecule has 1 saturated heterocycles. The minimum Gasteiger partial charge on any atom is -0.491 e. The molecule has 3 rings (SSSR count). The first kappa shape index (κ1) is 10.1. The Bertz CT molecular complexity index is 380. The van der Waals surface area contributed by atoms with E-state index in [1.54, 1.807) is 0 Å². The lowest BCUT2D eigenvalue weighted by Gasteiger charge is -2.34. The van der Waals surface area contributed by atoms with Crippen LogP contribution in [0.2, 0.25) is 0 Å². The average Bonchev–Trinajstić information content (AvgIpc) is 2.72. The lowest BCUT2D eigenvalue weighted by Crippen LogP contribution is -2.44. The highest BCUT2D eigenvalue weighted by atomic mass is 16.5. The number of nitrogens with zero attached hydrogens (tertiary/aromatic N) is 1. The van der Waals surface area contributed by atoms with Gasteiger partial charge in [0.1, 0.15) is 12.4 Å². The maximum absolute atomic E-state index is 6.03. The van der Waals surface area contributed by atoms with Crippen LogP contribution in [0, 0.1) is 0 Å². The van der Waals surface area contributed by atoms with E-state index in [0.29, 0.717) is 12.1 Å². The molecule has 2 N–H and O–H groups in total. The Morgan fingerprint density at radius 3 is 3.06 bits per heavy atom. The standard InChI is InChI=1S/C13H18N2O/c14-10-4-3-7-15(8-10)12-9-16-13-6-2-1-5-11(12)13/h1-2,5-6,10,12H,3-4,7-9,14H2. The van der Waals surface area contributed by atoms with Crippen molar-refractivity contribution in [3.8, 4) is 5.75 Å². The second-order valence-electron chi connectivity index (χ2n) is 4.76. The van der Waals surface area contributed by atoms with Gasteiger partial charge >= 0.3 is 0 Å². The molecule has 2 atom stereocenters. The predicted octanol–water partition coefficient (Wildman–Crippen LogP) is 1.54. The number of hydrogen-bond acceptors (Lipinski definition) is 3. The molecule has 2 aliphatic rings. The van der Waals surface area contributed by atoms with Gasteiger partial charge in [-0.2, -0.15) is 0 Å². The van der Waals surface area contributed by atoms with E-state index < -0.39 is 0 Å². The molecular formula is C13H18N2O. The molecule has 0 aromatic heterocycles. The maximum atomic E-state index is 6.03. The fraction of sp³-hybridized carbons (Fsp3) is 0.538. The van der Waals surface area contributed by atoms with Crippen LogP contribution in [0.25, 0.3) is 0 Å². The number of rotatable bonds is 1. The molecule has 0 saturated carbocycles. The molecule has 0 aliphatic carbocycles. The van der Waals surface area contributed by atoms with Crippen molar-refractivity contribution in [3.05, 3.63) is 29.8 Å². The topological polar surface area (TPSA) is 38.5 Å². The molecule has 1 aromatic carbocycles. The summed E-state index contributed by atoms with van der Waals surface area (Å²) in [5.41, 5.74) is 7.36. The maximum Gasteiger partial charge on any atom is 0.124 e. The molecule has 86 valence electrons. The summed E-state index contributed by atoms with van der Waals surface area (Å²) < 4.78 is 5.72. The largest absolute Gasteiger partial charge is 0.491 e. The fourth-order valence-corrected chi connectivity index (χ4v) is 2.77. The molecule has 2 unspecified atom stereocenters. The van der Waals surface area contributed by atoms with Crippen LogP contribution in [-0.4, -0.2) is 30.6 Å². The zero-order chi connectivity index (χ0) is 11.0. The van der Waals surface area contributed by atoms with Gasteiger partial charge < -0.3 is 10.5 Å². The summed E-state index contributed by atoms with van der Waals surface area (Å²) >= 11 is 0. The molecule has 2 aliphatic heterocycles. The molecule has 2 heterocycles. The van der Waals surface area contributed by atoms with E-state index in [-0.39, 0.29) is 0 Å². The molecule has 0 spiro atoms. The van der Waals surface area contributed by atoms with Crippen molar-refractivity contribution >= 4 is 0 Å². The van der Waals surface area contributed by atoms with Gasteiger partial charge in [-0.15, -0.1) is 0 Å². The zero-order valence-corrected chi connectivity index (χ0v) is 9.43. The third-order valence-corrected chi connectivity index (χ3v) is 3.60.